The van der Waals surface area contributed by atoms with E-state index in [0.29, 0.717) is 33.6 Å². The molecule has 1 fully saturated rings. The number of carbonyl (C=O) groups excluding carboxylic acids is 2. The minimum Gasteiger partial charge on any atom is -0.493 e. The SMILES string of the molecule is C=CCOc1ccc(/C=C2\SC(=NC(=O)c3ccc(Cl)cc3)NC2=O)cc1OC. The molecule has 0 radical (unpaired) electrons. The second-order valence-corrected chi connectivity index (χ2v) is 7.27. The van der Waals surface area contributed by atoms with E-state index >= 15 is 0 Å². The zero-order chi connectivity index (χ0) is 20.8. The van der Waals surface area contributed by atoms with Crippen molar-refractivity contribution in [2.75, 3.05) is 13.7 Å². The van der Waals surface area contributed by atoms with Crippen molar-refractivity contribution in [3.63, 3.8) is 0 Å². The molecule has 2 amide bonds. The minimum absolute atomic E-state index is 0.221. The number of rotatable bonds is 6. The van der Waals surface area contributed by atoms with Crippen molar-refractivity contribution < 1.29 is 19.1 Å². The second kappa shape index (κ2) is 9.45. The number of nitrogens with zero attached hydrogens (tertiary/aromatic N) is 1. The maximum Gasteiger partial charge on any atom is 0.279 e. The summed E-state index contributed by atoms with van der Waals surface area (Å²) in [6.45, 7) is 3.97. The van der Waals surface area contributed by atoms with Crippen molar-refractivity contribution in [3.8, 4) is 11.5 Å². The Hall–Kier alpha value is -3.03. The molecule has 8 heteroatoms. The standard InChI is InChI=1S/C21H17ClN2O4S/c1-3-10-28-16-9-4-13(11-17(16)27-2)12-18-20(26)24-21(29-18)23-19(25)14-5-7-15(22)8-6-14/h3-9,11-12H,1,10H2,2H3,(H,23,24,25,26)/b18-12-. The van der Waals surface area contributed by atoms with Crippen LogP contribution in [0.15, 0.2) is 65.0 Å². The van der Waals surface area contributed by atoms with Gasteiger partial charge in [0, 0.05) is 10.6 Å². The highest BCUT2D eigenvalue weighted by Gasteiger charge is 2.25. The summed E-state index contributed by atoms with van der Waals surface area (Å²) < 4.78 is 10.9. The van der Waals surface area contributed by atoms with Crippen LogP contribution in [-0.4, -0.2) is 30.7 Å². The summed E-state index contributed by atoms with van der Waals surface area (Å²) >= 11 is 6.91. The third-order valence-electron chi connectivity index (χ3n) is 3.79. The molecule has 0 aliphatic carbocycles. The van der Waals surface area contributed by atoms with Gasteiger partial charge in [-0.25, -0.2) is 0 Å². The Kier molecular flexibility index (Phi) is 6.74. The summed E-state index contributed by atoms with van der Waals surface area (Å²) in [7, 11) is 1.54. The van der Waals surface area contributed by atoms with Gasteiger partial charge in [0.2, 0.25) is 0 Å². The Balaban J connectivity index is 1.77. The number of hydrogen-bond donors (Lipinski definition) is 1. The van der Waals surface area contributed by atoms with Crippen LogP contribution in [0.3, 0.4) is 0 Å². The number of carbonyl (C=O) groups is 2. The first-order chi connectivity index (χ1) is 14.0. The van der Waals surface area contributed by atoms with Gasteiger partial charge in [0.15, 0.2) is 16.7 Å². The Morgan fingerprint density at radius 3 is 2.69 bits per heavy atom. The summed E-state index contributed by atoms with van der Waals surface area (Å²) in [5, 5.41) is 3.34. The lowest BCUT2D eigenvalue weighted by Crippen LogP contribution is -2.20. The molecule has 0 saturated carbocycles. The molecule has 3 rings (SSSR count). The van der Waals surface area contributed by atoms with E-state index in [-0.39, 0.29) is 11.1 Å². The normalized spacial score (nSPS) is 16.0. The van der Waals surface area contributed by atoms with Crippen LogP contribution in [0.25, 0.3) is 6.08 Å². The maximum atomic E-state index is 12.2. The van der Waals surface area contributed by atoms with Gasteiger partial charge in [0.1, 0.15) is 6.61 Å². The number of hydrogen-bond acceptors (Lipinski definition) is 5. The van der Waals surface area contributed by atoms with Crippen LogP contribution in [0.5, 0.6) is 11.5 Å². The van der Waals surface area contributed by atoms with Crippen LogP contribution < -0.4 is 14.8 Å². The van der Waals surface area contributed by atoms with Gasteiger partial charge in [-0.2, -0.15) is 4.99 Å². The van der Waals surface area contributed by atoms with Gasteiger partial charge >= 0.3 is 0 Å². The fourth-order valence-corrected chi connectivity index (χ4v) is 3.37. The van der Waals surface area contributed by atoms with Crippen molar-refractivity contribution >= 4 is 46.4 Å². The first-order valence-corrected chi connectivity index (χ1v) is 9.71. The predicted molar refractivity (Wildman–Crippen MR) is 116 cm³/mol. The molecule has 1 aliphatic rings. The molecule has 1 N–H and O–H groups in total. The Morgan fingerprint density at radius 1 is 1.24 bits per heavy atom. The number of benzene rings is 2. The van der Waals surface area contributed by atoms with Crippen LogP contribution in [-0.2, 0) is 4.79 Å². The molecule has 2 aromatic carbocycles. The Labute approximate surface area is 177 Å². The fraction of sp³-hybridized carbons (Fsp3) is 0.0952. The third-order valence-corrected chi connectivity index (χ3v) is 4.95. The molecule has 0 aromatic heterocycles. The average Bonchev–Trinajstić information content (AvgIpc) is 3.05. The summed E-state index contributed by atoms with van der Waals surface area (Å²) in [6, 6.07) is 11.7. The smallest absolute Gasteiger partial charge is 0.279 e. The van der Waals surface area contributed by atoms with Gasteiger partial charge in [-0.3, -0.25) is 9.59 Å². The van der Waals surface area contributed by atoms with Crippen molar-refractivity contribution in [1.82, 2.24) is 5.32 Å². The molecule has 6 nitrogen and oxygen atoms in total. The highest BCUT2D eigenvalue weighted by molar-refractivity contribution is 8.18. The summed E-state index contributed by atoms with van der Waals surface area (Å²) in [5.41, 5.74) is 1.13. The first kappa shape index (κ1) is 20.7. The van der Waals surface area contributed by atoms with E-state index in [4.69, 9.17) is 21.1 Å². The number of thioether (sulfide) groups is 1. The zero-order valence-corrected chi connectivity index (χ0v) is 17.0. The van der Waals surface area contributed by atoms with Gasteiger partial charge in [0.25, 0.3) is 11.8 Å². The second-order valence-electron chi connectivity index (χ2n) is 5.80. The van der Waals surface area contributed by atoms with E-state index in [0.717, 1.165) is 17.3 Å². The highest BCUT2D eigenvalue weighted by Crippen LogP contribution is 2.31. The average molecular weight is 429 g/mol. The van der Waals surface area contributed by atoms with E-state index in [1.807, 2.05) is 0 Å². The number of methoxy groups -OCH3 is 1. The molecule has 0 spiro atoms. The molecule has 1 saturated heterocycles. The van der Waals surface area contributed by atoms with Gasteiger partial charge < -0.3 is 14.8 Å². The molecule has 29 heavy (non-hydrogen) atoms. The molecule has 1 heterocycles. The summed E-state index contributed by atoms with van der Waals surface area (Å²) in [4.78, 5) is 28.9. The lowest BCUT2D eigenvalue weighted by atomic mass is 10.2. The molecule has 0 atom stereocenters. The highest BCUT2D eigenvalue weighted by atomic mass is 35.5. The van der Waals surface area contributed by atoms with Crippen molar-refractivity contribution in [2.45, 2.75) is 0 Å². The van der Waals surface area contributed by atoms with Crippen LogP contribution >= 0.6 is 23.4 Å². The molecule has 1 aliphatic heterocycles. The largest absolute Gasteiger partial charge is 0.493 e. The monoisotopic (exact) mass is 428 g/mol. The van der Waals surface area contributed by atoms with Crippen LogP contribution in [0.4, 0.5) is 0 Å². The number of amides is 2. The Morgan fingerprint density at radius 2 is 2.00 bits per heavy atom. The van der Waals surface area contributed by atoms with Gasteiger partial charge in [-0.15, -0.1) is 0 Å². The van der Waals surface area contributed by atoms with Gasteiger partial charge in [-0.05, 0) is 59.8 Å². The zero-order valence-electron chi connectivity index (χ0n) is 15.5. The van der Waals surface area contributed by atoms with E-state index in [2.05, 4.69) is 16.9 Å². The summed E-state index contributed by atoms with van der Waals surface area (Å²) in [5.74, 6) is 0.324. The summed E-state index contributed by atoms with van der Waals surface area (Å²) in [6.07, 6.45) is 3.33. The predicted octanol–water partition coefficient (Wildman–Crippen LogP) is 4.31. The van der Waals surface area contributed by atoms with Crippen LogP contribution in [0.1, 0.15) is 15.9 Å². The quantitative estimate of drug-likeness (QED) is 0.548. The lowest BCUT2D eigenvalue weighted by molar-refractivity contribution is -0.115. The van der Waals surface area contributed by atoms with Crippen molar-refractivity contribution in [2.24, 2.45) is 4.99 Å². The molecule has 148 valence electrons. The number of amidine groups is 1. The van der Waals surface area contributed by atoms with E-state index in [1.54, 1.807) is 54.6 Å². The van der Waals surface area contributed by atoms with E-state index in [1.165, 1.54) is 7.11 Å². The van der Waals surface area contributed by atoms with Gasteiger partial charge in [0.05, 0.1) is 12.0 Å². The number of aliphatic imine (C=N–C) groups is 1. The molecule has 0 unspecified atom stereocenters. The van der Waals surface area contributed by atoms with Crippen LogP contribution in [0.2, 0.25) is 5.02 Å². The molecule has 0 bridgehead atoms. The van der Waals surface area contributed by atoms with Crippen LogP contribution in [0, 0.1) is 0 Å². The van der Waals surface area contributed by atoms with Gasteiger partial charge in [-0.1, -0.05) is 30.3 Å². The topological polar surface area (TPSA) is 77.0 Å². The Bertz CT molecular complexity index is 1020. The number of nitrogens with one attached hydrogen (secondary N) is 1. The molecule has 2 aromatic rings. The number of ether oxygens (including phenoxy) is 2. The van der Waals surface area contributed by atoms with E-state index in [9.17, 15) is 9.59 Å². The third kappa shape index (κ3) is 5.28. The fourth-order valence-electron chi connectivity index (χ4n) is 2.42. The number of halogens is 1. The first-order valence-electron chi connectivity index (χ1n) is 8.51. The van der Waals surface area contributed by atoms with E-state index < -0.39 is 5.91 Å². The minimum atomic E-state index is -0.462. The molecular weight excluding hydrogens is 412 g/mol. The lowest BCUT2D eigenvalue weighted by Gasteiger charge is -2.09. The van der Waals surface area contributed by atoms with Crippen molar-refractivity contribution in [3.05, 3.63) is 76.2 Å². The molecular formula is C21H17ClN2O4S. The maximum absolute atomic E-state index is 12.2. The van der Waals surface area contributed by atoms with Crippen molar-refractivity contribution in [1.29, 1.82) is 0 Å².